The van der Waals surface area contributed by atoms with Gasteiger partial charge >= 0.3 is 0 Å². The van der Waals surface area contributed by atoms with Gasteiger partial charge in [-0.1, -0.05) is 11.2 Å². The summed E-state index contributed by atoms with van der Waals surface area (Å²) in [7, 11) is -1.70. The zero-order valence-electron chi connectivity index (χ0n) is 4.26. The normalized spacial score (nSPS) is 23.5. The molecule has 0 nitrogen and oxygen atoms in total. The molecule has 0 aliphatic heterocycles. The van der Waals surface area contributed by atoms with Crippen molar-refractivity contribution in [2.45, 2.75) is 0 Å². The van der Waals surface area contributed by atoms with Gasteiger partial charge in [-0.05, 0) is 6.26 Å². The highest BCUT2D eigenvalue weighted by molar-refractivity contribution is 8.46. The predicted molar refractivity (Wildman–Crippen MR) is 32.2 cm³/mol. The second-order valence-electron chi connectivity index (χ2n) is 0.440. The highest BCUT2D eigenvalue weighted by Crippen LogP contribution is 1.37. The molecule has 0 heterocycles. The maximum absolute atomic E-state index is 6.65. The van der Waals surface area contributed by atoms with E-state index >= 15 is 0 Å². The Morgan fingerprint density at radius 1 is 2.50 bits per heavy atom. The Bertz CT molecular complexity index is 106. The molecule has 0 fully saturated rings. The van der Waals surface area contributed by atoms with Crippen molar-refractivity contribution in [3.8, 4) is 0 Å². The fourth-order valence-electron chi connectivity index (χ4n) is 0. The van der Waals surface area contributed by atoms with Crippen molar-refractivity contribution >= 4 is 30.2 Å². The zero-order valence-corrected chi connectivity index (χ0v) is 4.79. The second-order valence-corrected chi connectivity index (χ2v) is 5.30. The van der Waals surface area contributed by atoms with Gasteiger partial charge in [0.05, 0.1) is 2.25 Å². The van der Waals surface area contributed by atoms with Crippen LogP contribution in [0.15, 0.2) is 0 Å². The summed E-state index contributed by atoms with van der Waals surface area (Å²) < 4.78 is 13.3. The summed E-state index contributed by atoms with van der Waals surface area (Å²) in [5.41, 5.74) is 0. The van der Waals surface area contributed by atoms with E-state index in [9.17, 15) is 0 Å². The number of thiol groups is 1. The lowest BCUT2D eigenvalue weighted by atomic mass is 12.0. The minimum atomic E-state index is -0.988. The monoisotopic (exact) mass is 118 g/mol. The van der Waals surface area contributed by atoms with E-state index in [1.165, 1.54) is 0 Å². The third kappa shape index (κ3) is 12.7. The maximum atomic E-state index is 6.65. The summed E-state index contributed by atoms with van der Waals surface area (Å²) in [6, 6.07) is 0. The molecule has 1 unspecified atom stereocenters. The molecule has 0 aliphatic carbocycles. The average molecular weight is 118 g/mol. The SMILES string of the molecule is [3H]S([3H])=[SH](C)=S. The molecule has 0 saturated heterocycles. The molecule has 0 rings (SSSR count). The average Bonchev–Trinajstić information content (AvgIpc) is 1.36. The van der Waals surface area contributed by atoms with E-state index in [4.69, 9.17) is 2.25 Å². The minimum absolute atomic E-state index is 0.715. The molecule has 1 atom stereocenters. The van der Waals surface area contributed by atoms with E-state index in [2.05, 4.69) is 11.2 Å². The van der Waals surface area contributed by atoms with E-state index < -0.39 is 19.0 Å². The Morgan fingerprint density at radius 2 is 2.75 bits per heavy atom. The number of hydrogen-bond acceptors (Lipinski definition) is 1. The van der Waals surface area contributed by atoms with E-state index in [-0.39, 0.29) is 0 Å². The molecule has 0 aromatic rings. The quantitative estimate of drug-likeness (QED) is 0.413. The summed E-state index contributed by atoms with van der Waals surface area (Å²) in [4.78, 5) is 0. The van der Waals surface area contributed by atoms with Crippen molar-refractivity contribution in [1.29, 1.82) is 2.25 Å². The summed E-state index contributed by atoms with van der Waals surface area (Å²) in [6.45, 7) is 0. The molecule has 0 aromatic heterocycles. The Kier molecular flexibility index (Phi) is 1.17. The van der Waals surface area contributed by atoms with E-state index in [0.29, 0.717) is 0 Å². The molecule has 4 heavy (non-hydrogen) atoms. The van der Waals surface area contributed by atoms with Gasteiger partial charge in [-0.25, -0.2) is 0 Å². The van der Waals surface area contributed by atoms with Gasteiger partial charge in [0.25, 0.3) is 0 Å². The van der Waals surface area contributed by atoms with Crippen LogP contribution in [0, 0.1) is 0 Å². The molecule has 28 valence electrons. The van der Waals surface area contributed by atoms with Crippen LogP contribution in [0.5, 0.6) is 0 Å². The van der Waals surface area contributed by atoms with Crippen LogP contribution < -0.4 is 0 Å². The summed E-state index contributed by atoms with van der Waals surface area (Å²) >= 11 is 4.60. The first-order chi connectivity index (χ1) is 2.64. The summed E-state index contributed by atoms with van der Waals surface area (Å²) in [6.07, 6.45) is 1.76. The summed E-state index contributed by atoms with van der Waals surface area (Å²) in [5.74, 6) is 0. The zero-order chi connectivity index (χ0) is 5.15. The third-order valence-corrected chi connectivity index (χ3v) is 0. The first-order valence-electron chi connectivity index (χ1n) is 1.63. The largest absolute Gasteiger partial charge is 0.190 e. The molecule has 0 aliphatic rings. The highest BCUT2D eigenvalue weighted by Gasteiger charge is 1.31. The van der Waals surface area contributed by atoms with Gasteiger partial charge in [0.1, 0.15) is 0 Å². The molecular formula is CH6S3. The van der Waals surface area contributed by atoms with Crippen LogP contribution >= 0.6 is 0 Å². The van der Waals surface area contributed by atoms with Crippen molar-refractivity contribution < 1.29 is 0 Å². The standard InChI is InChI=1S/CH6S3/c1-4(2)3/h4H,2H2,1H3/i2T2. The third-order valence-electron chi connectivity index (χ3n) is 0. The van der Waals surface area contributed by atoms with Crippen LogP contribution in [0.2, 0.25) is 0 Å². The maximum Gasteiger partial charge on any atom is 0.0990 e. The Balaban J connectivity index is 4.08. The molecular weight excluding hydrogens is 108 g/mol. The van der Waals surface area contributed by atoms with Crippen LogP contribution in [-0.2, 0) is 30.2 Å². The molecule has 0 saturated carbocycles. The van der Waals surface area contributed by atoms with E-state index in [0.717, 1.165) is 0 Å². The van der Waals surface area contributed by atoms with Gasteiger partial charge in [-0.15, -0.1) is 8.01 Å². The molecule has 3 heteroatoms. The highest BCUT2D eigenvalue weighted by atomic mass is 33.1. The van der Waals surface area contributed by atoms with Crippen molar-refractivity contribution in [3.63, 3.8) is 0 Å². The lowest BCUT2D eigenvalue weighted by Crippen LogP contribution is -1.47. The van der Waals surface area contributed by atoms with E-state index in [1.54, 1.807) is 6.26 Å². The molecule has 0 amide bonds. The van der Waals surface area contributed by atoms with Crippen molar-refractivity contribution in [3.05, 3.63) is 0 Å². The first-order valence-corrected chi connectivity index (χ1v) is 4.63. The first kappa shape index (κ1) is 2.16. The van der Waals surface area contributed by atoms with Crippen molar-refractivity contribution in [1.82, 2.24) is 0 Å². The summed E-state index contributed by atoms with van der Waals surface area (Å²) in [5, 5.41) is 0. The minimum Gasteiger partial charge on any atom is -0.190 e. The molecule has 0 spiro atoms. The Hall–Kier alpha value is 0.920. The lowest BCUT2D eigenvalue weighted by molar-refractivity contribution is 2.54. The van der Waals surface area contributed by atoms with Gasteiger partial charge in [-0.2, -0.15) is 11.0 Å². The van der Waals surface area contributed by atoms with Gasteiger partial charge in [-0.3, -0.25) is 0 Å². The van der Waals surface area contributed by atoms with Gasteiger partial charge in [0.15, 0.2) is 0 Å². The number of rotatable bonds is 0. The van der Waals surface area contributed by atoms with Crippen LogP contribution in [0.3, 0.4) is 0 Å². The molecule has 0 bridgehead atoms. The fourth-order valence-corrected chi connectivity index (χ4v) is 0. The van der Waals surface area contributed by atoms with Crippen LogP contribution in [0.4, 0.5) is 0 Å². The lowest BCUT2D eigenvalue weighted by Gasteiger charge is -1.52. The smallest absolute Gasteiger partial charge is 0.0990 e. The second kappa shape index (κ2) is 2.18. The van der Waals surface area contributed by atoms with Gasteiger partial charge < -0.3 is 0 Å². The van der Waals surface area contributed by atoms with Crippen molar-refractivity contribution in [2.75, 3.05) is 6.26 Å². The van der Waals surface area contributed by atoms with Gasteiger partial charge in [0.2, 0.25) is 0 Å². The molecule has 0 aromatic carbocycles. The topological polar surface area (TPSA) is 0 Å². The molecule has 0 N–H and O–H groups in total. The van der Waals surface area contributed by atoms with Crippen LogP contribution in [0.25, 0.3) is 0 Å². The molecule has 0 radical (unpaired) electrons. The Labute approximate surface area is 39.2 Å². The van der Waals surface area contributed by atoms with Crippen LogP contribution in [-0.4, -0.2) is 8.50 Å². The number of hydrogen-bond donors (Lipinski definition) is 1. The fraction of sp³-hybridized carbons (Fsp3) is 1.00. The predicted octanol–water partition coefficient (Wildman–Crippen LogP) is -0.645. The van der Waals surface area contributed by atoms with Crippen LogP contribution in [0.1, 0.15) is 0 Å². The van der Waals surface area contributed by atoms with Crippen molar-refractivity contribution in [2.24, 2.45) is 0 Å². The van der Waals surface area contributed by atoms with E-state index in [1.807, 2.05) is 0 Å². The Morgan fingerprint density at radius 3 is 2.75 bits per heavy atom. The van der Waals surface area contributed by atoms with Gasteiger partial charge in [0, 0.05) is 0 Å².